The summed E-state index contributed by atoms with van der Waals surface area (Å²) in [6.45, 7) is 1.60. The van der Waals surface area contributed by atoms with Crippen LogP contribution >= 0.6 is 0 Å². The summed E-state index contributed by atoms with van der Waals surface area (Å²) in [5.74, 6) is -1.82. The van der Waals surface area contributed by atoms with Crippen LogP contribution in [-0.4, -0.2) is 56.4 Å². The molecule has 1 unspecified atom stereocenters. The second kappa shape index (κ2) is 9.64. The van der Waals surface area contributed by atoms with E-state index in [0.717, 1.165) is 23.1 Å². The van der Waals surface area contributed by atoms with Gasteiger partial charge < -0.3 is 20.8 Å². The van der Waals surface area contributed by atoms with Crippen molar-refractivity contribution in [2.75, 3.05) is 11.9 Å². The molecule has 1 saturated heterocycles. The molecule has 1 spiro atoms. The van der Waals surface area contributed by atoms with Crippen molar-refractivity contribution >= 4 is 40.5 Å². The zero-order valence-corrected chi connectivity index (χ0v) is 19.6. The lowest BCUT2D eigenvalue weighted by atomic mass is 9.91. The van der Waals surface area contributed by atoms with Crippen molar-refractivity contribution in [3.63, 3.8) is 0 Å². The average Bonchev–Trinajstić information content (AvgIpc) is 3.47. The molecule has 3 N–H and O–H groups in total. The van der Waals surface area contributed by atoms with Gasteiger partial charge >= 0.3 is 0 Å². The van der Waals surface area contributed by atoms with Gasteiger partial charge in [-0.15, -0.1) is 0 Å². The minimum atomic E-state index is -1.13. The number of nitro groups is 2. The van der Waals surface area contributed by atoms with Gasteiger partial charge in [0.15, 0.2) is 5.60 Å². The van der Waals surface area contributed by atoms with E-state index in [1.54, 1.807) is 31.2 Å². The fourth-order valence-corrected chi connectivity index (χ4v) is 4.41. The van der Waals surface area contributed by atoms with E-state index in [1.807, 2.05) is 0 Å². The van der Waals surface area contributed by atoms with Crippen LogP contribution in [0.2, 0.25) is 0 Å². The van der Waals surface area contributed by atoms with Gasteiger partial charge in [-0.1, -0.05) is 24.2 Å². The number of amides is 3. The van der Waals surface area contributed by atoms with Crippen molar-refractivity contribution in [1.29, 1.82) is 0 Å². The van der Waals surface area contributed by atoms with Crippen LogP contribution in [-0.2, 0) is 14.4 Å². The number of nitro benzene ring substituents is 2. The van der Waals surface area contributed by atoms with E-state index in [1.165, 1.54) is 0 Å². The predicted octanol–water partition coefficient (Wildman–Crippen LogP) is 2.11. The first-order valence-corrected chi connectivity index (χ1v) is 11.2. The van der Waals surface area contributed by atoms with Crippen molar-refractivity contribution in [3.05, 3.63) is 73.8 Å². The van der Waals surface area contributed by atoms with Gasteiger partial charge in [0.2, 0.25) is 11.8 Å². The molecule has 2 aromatic carbocycles. The van der Waals surface area contributed by atoms with Crippen LogP contribution < -0.4 is 11.1 Å². The van der Waals surface area contributed by atoms with Crippen molar-refractivity contribution in [2.45, 2.75) is 37.8 Å². The maximum atomic E-state index is 13.3. The molecule has 3 amide bonds. The number of non-ortho nitro benzene ring substituents is 2. The van der Waals surface area contributed by atoms with E-state index >= 15 is 0 Å². The minimum Gasteiger partial charge on any atom is -0.387 e. The van der Waals surface area contributed by atoms with E-state index in [2.05, 4.69) is 10.5 Å². The Hall–Kier alpha value is -4.88. The summed E-state index contributed by atoms with van der Waals surface area (Å²) < 4.78 is 0. The molecule has 0 radical (unpaired) electrons. The van der Waals surface area contributed by atoms with Crippen LogP contribution in [0.4, 0.5) is 17.1 Å². The Balaban J connectivity index is 1.59. The zero-order chi connectivity index (χ0) is 26.9. The lowest BCUT2D eigenvalue weighted by Gasteiger charge is -2.23. The lowest BCUT2D eigenvalue weighted by Crippen LogP contribution is -2.44. The molecule has 0 aliphatic carbocycles. The fourth-order valence-electron chi connectivity index (χ4n) is 4.41. The van der Waals surface area contributed by atoms with Crippen LogP contribution in [0.15, 0.2) is 47.6 Å². The molecule has 2 aliphatic rings. The zero-order valence-electron chi connectivity index (χ0n) is 19.6. The first kappa shape index (κ1) is 25.2. The van der Waals surface area contributed by atoms with Gasteiger partial charge in [0.1, 0.15) is 6.04 Å². The number of carbonyl (C=O) groups excluding carboxylic acids is 3. The molecule has 14 heteroatoms. The van der Waals surface area contributed by atoms with Gasteiger partial charge in [-0.3, -0.25) is 34.6 Å². The summed E-state index contributed by atoms with van der Waals surface area (Å²) in [6.07, 6.45) is 0.522. The van der Waals surface area contributed by atoms with Gasteiger partial charge in [-0.2, -0.15) is 0 Å². The summed E-state index contributed by atoms with van der Waals surface area (Å²) in [5.41, 5.74) is 4.61. The number of oxime groups is 1. The highest BCUT2D eigenvalue weighted by Gasteiger charge is 2.53. The van der Waals surface area contributed by atoms with E-state index in [9.17, 15) is 34.6 Å². The largest absolute Gasteiger partial charge is 0.387 e. The molecule has 2 heterocycles. The van der Waals surface area contributed by atoms with Gasteiger partial charge in [-0.25, -0.2) is 0 Å². The van der Waals surface area contributed by atoms with Crippen molar-refractivity contribution < 1.29 is 29.1 Å². The Morgan fingerprint density at radius 1 is 1.16 bits per heavy atom. The van der Waals surface area contributed by atoms with E-state index in [4.69, 9.17) is 10.6 Å². The first-order chi connectivity index (χ1) is 17.5. The second-order valence-electron chi connectivity index (χ2n) is 8.78. The van der Waals surface area contributed by atoms with E-state index in [-0.39, 0.29) is 30.9 Å². The maximum Gasteiger partial charge on any atom is 0.277 e. The van der Waals surface area contributed by atoms with Gasteiger partial charge in [0.05, 0.1) is 33.7 Å². The Kier molecular flexibility index (Phi) is 6.57. The monoisotopic (exact) mass is 510 g/mol. The van der Waals surface area contributed by atoms with Crippen LogP contribution in [0.3, 0.4) is 0 Å². The lowest BCUT2D eigenvalue weighted by molar-refractivity contribution is -0.394. The molecule has 1 fully saturated rings. The molecular weight excluding hydrogens is 488 g/mol. The number of primary amides is 1. The normalized spacial score (nSPS) is 20.3. The third-order valence-corrected chi connectivity index (χ3v) is 6.20. The fraction of sp³-hybridized carbons (Fsp3) is 0.304. The highest BCUT2D eigenvalue weighted by atomic mass is 16.7. The molecule has 2 atom stereocenters. The number of likely N-dealkylation sites (tertiary alicyclic amines) is 1. The molecule has 4 rings (SSSR count). The Morgan fingerprint density at radius 2 is 1.84 bits per heavy atom. The first-order valence-electron chi connectivity index (χ1n) is 11.2. The molecule has 2 aromatic rings. The second-order valence-corrected chi connectivity index (χ2v) is 8.78. The summed E-state index contributed by atoms with van der Waals surface area (Å²) in [6, 6.07) is 8.38. The van der Waals surface area contributed by atoms with Gasteiger partial charge in [-0.05, 0) is 12.1 Å². The average molecular weight is 510 g/mol. The van der Waals surface area contributed by atoms with Crippen LogP contribution in [0.25, 0.3) is 0 Å². The number of benzene rings is 2. The number of rotatable bonds is 7. The van der Waals surface area contributed by atoms with E-state index < -0.39 is 44.7 Å². The number of nitrogens with two attached hydrogens (primary N) is 1. The smallest absolute Gasteiger partial charge is 0.277 e. The number of nitrogens with zero attached hydrogens (tertiary/aromatic N) is 4. The molecule has 0 aromatic heterocycles. The number of hydrogen-bond acceptors (Lipinski definition) is 9. The third kappa shape index (κ3) is 5.07. The highest BCUT2D eigenvalue weighted by Crippen LogP contribution is 2.40. The Bertz CT molecular complexity index is 1330. The van der Waals surface area contributed by atoms with Gasteiger partial charge in [0, 0.05) is 42.6 Å². The molecule has 0 saturated carbocycles. The molecular formula is C23H22N6O8. The summed E-state index contributed by atoms with van der Waals surface area (Å²) in [4.78, 5) is 64.9. The number of carbonyl (C=O) groups is 3. The van der Waals surface area contributed by atoms with Crippen LogP contribution in [0, 0.1) is 20.2 Å². The van der Waals surface area contributed by atoms with Crippen LogP contribution in [0.1, 0.15) is 42.1 Å². The maximum absolute atomic E-state index is 13.3. The van der Waals surface area contributed by atoms with Crippen molar-refractivity contribution in [3.8, 4) is 0 Å². The highest BCUT2D eigenvalue weighted by molar-refractivity contribution is 6.04. The van der Waals surface area contributed by atoms with E-state index in [0.29, 0.717) is 23.4 Å². The summed E-state index contributed by atoms with van der Waals surface area (Å²) in [5, 5.41) is 29.4. The summed E-state index contributed by atoms with van der Waals surface area (Å²) in [7, 11) is 0. The Morgan fingerprint density at radius 3 is 2.43 bits per heavy atom. The molecule has 192 valence electrons. The van der Waals surface area contributed by atoms with Gasteiger partial charge in [0.25, 0.3) is 17.3 Å². The van der Waals surface area contributed by atoms with Crippen molar-refractivity contribution in [1.82, 2.24) is 4.90 Å². The quantitative estimate of drug-likeness (QED) is 0.416. The summed E-state index contributed by atoms with van der Waals surface area (Å²) >= 11 is 0. The standard InChI is InChI=1S/C23H22N6O8/c1-2-20(30)25-15-5-3-4-13(6-15)18-10-23(37-26-18)11-19(21(24)31)27(12-23)22(32)14-7-16(28(33)34)9-17(8-14)29(35)36/h3-9,19H,2,10-12H2,1H3,(H2,24,31)(H,25,30)/t19-,23?/m0/s1. The number of hydrogen-bond donors (Lipinski definition) is 2. The predicted molar refractivity (Wildman–Crippen MR) is 129 cm³/mol. The minimum absolute atomic E-state index is 0.00432. The third-order valence-electron chi connectivity index (χ3n) is 6.20. The van der Waals surface area contributed by atoms with Crippen molar-refractivity contribution in [2.24, 2.45) is 10.9 Å². The Labute approximate surface area is 209 Å². The van der Waals surface area contributed by atoms with Crippen LogP contribution in [0.5, 0.6) is 0 Å². The number of anilines is 1. The molecule has 37 heavy (non-hydrogen) atoms. The topological polar surface area (TPSA) is 200 Å². The SMILES string of the molecule is CCC(=O)Nc1cccc(C2=NOC3(C2)C[C@@H](C(N)=O)N(C(=O)c2cc([N+](=O)[O-])cc([N+](=O)[O-])c2)C3)c1. The molecule has 2 aliphatic heterocycles. The number of nitrogens with one attached hydrogen (secondary N) is 1. The molecule has 14 nitrogen and oxygen atoms in total. The molecule has 0 bridgehead atoms.